The molecule has 1 aliphatic heterocycles. The monoisotopic (exact) mass is 434 g/mol. The summed E-state index contributed by atoms with van der Waals surface area (Å²) in [5.41, 5.74) is 4.54. The molecular weight excluding hydrogens is 404 g/mol. The molecule has 4 nitrogen and oxygen atoms in total. The molecule has 0 amide bonds. The minimum atomic E-state index is -3.58. The van der Waals surface area contributed by atoms with E-state index >= 15 is 0 Å². The average molecular weight is 435 g/mol. The first-order valence-corrected chi connectivity index (χ1v) is 12.5. The summed E-state index contributed by atoms with van der Waals surface area (Å²) in [6, 6.07) is 25.7. The number of aryl methyl sites for hydroxylation is 1. The van der Waals surface area contributed by atoms with Crippen LogP contribution in [-0.4, -0.2) is 33.0 Å². The predicted octanol–water partition coefficient (Wildman–Crippen LogP) is 5.03. The fraction of sp³-hybridized carbons (Fsp3) is 0.308. The zero-order chi connectivity index (χ0) is 21.7. The summed E-state index contributed by atoms with van der Waals surface area (Å²) in [5, 5.41) is 0. The van der Waals surface area contributed by atoms with Crippen LogP contribution >= 0.6 is 0 Å². The average Bonchev–Trinajstić information content (AvgIpc) is 3.35. The summed E-state index contributed by atoms with van der Waals surface area (Å²) in [5.74, 6) is 0. The molecule has 0 bridgehead atoms. The highest BCUT2D eigenvalue weighted by atomic mass is 32.2. The van der Waals surface area contributed by atoms with E-state index in [1.54, 1.807) is 12.1 Å². The van der Waals surface area contributed by atoms with E-state index in [1.807, 2.05) is 42.5 Å². The second-order valence-electron chi connectivity index (χ2n) is 8.10. The van der Waals surface area contributed by atoms with Crippen molar-refractivity contribution in [1.82, 2.24) is 9.62 Å². The van der Waals surface area contributed by atoms with Crippen LogP contribution in [0.4, 0.5) is 0 Å². The van der Waals surface area contributed by atoms with Crippen molar-refractivity contribution in [3.05, 3.63) is 90.0 Å². The van der Waals surface area contributed by atoms with Gasteiger partial charge in [0.1, 0.15) is 0 Å². The molecule has 0 aromatic heterocycles. The maximum atomic E-state index is 13.0. The van der Waals surface area contributed by atoms with E-state index in [0.29, 0.717) is 11.4 Å². The largest absolute Gasteiger partial charge is 0.295 e. The SMILES string of the molecule is CCc1ccc([C@@H](CNS(=O)(=O)c2ccc(-c3ccccc3)cc2)N2CCCC2)cc1. The Hall–Kier alpha value is -2.47. The Kier molecular flexibility index (Phi) is 6.86. The standard InChI is InChI=1S/C26H30N2O2S/c1-2-21-10-12-24(13-11-21)26(28-18-6-7-19-28)20-27-31(29,30)25-16-14-23(15-17-25)22-8-4-3-5-9-22/h3-5,8-17,26-27H,2,6-7,18-20H2,1H3/t26-/m1/s1. The lowest BCUT2D eigenvalue weighted by Crippen LogP contribution is -2.36. The van der Waals surface area contributed by atoms with Crippen molar-refractivity contribution < 1.29 is 8.42 Å². The molecule has 0 saturated carbocycles. The number of likely N-dealkylation sites (tertiary alicyclic amines) is 1. The van der Waals surface area contributed by atoms with E-state index in [1.165, 1.54) is 11.1 Å². The summed E-state index contributed by atoms with van der Waals surface area (Å²) in [4.78, 5) is 2.69. The Morgan fingerprint density at radius 2 is 1.45 bits per heavy atom. The van der Waals surface area contributed by atoms with Gasteiger partial charge in [0.05, 0.1) is 4.90 Å². The Morgan fingerprint density at radius 3 is 2.06 bits per heavy atom. The maximum absolute atomic E-state index is 13.0. The van der Waals surface area contributed by atoms with Crippen LogP contribution in [0.1, 0.15) is 36.9 Å². The molecule has 1 fully saturated rings. The minimum absolute atomic E-state index is 0.0479. The van der Waals surface area contributed by atoms with Gasteiger partial charge < -0.3 is 0 Å². The fourth-order valence-corrected chi connectivity index (χ4v) is 5.25. The van der Waals surface area contributed by atoms with E-state index in [4.69, 9.17) is 0 Å². The molecule has 0 unspecified atom stereocenters. The quantitative estimate of drug-likeness (QED) is 0.541. The second kappa shape index (κ2) is 9.77. The first-order valence-electron chi connectivity index (χ1n) is 11.0. The molecule has 3 aromatic carbocycles. The summed E-state index contributed by atoms with van der Waals surface area (Å²) in [7, 11) is -3.58. The van der Waals surface area contributed by atoms with Gasteiger partial charge in [-0.2, -0.15) is 0 Å². The number of nitrogens with zero attached hydrogens (tertiary/aromatic N) is 1. The smallest absolute Gasteiger partial charge is 0.240 e. The van der Waals surface area contributed by atoms with Crippen LogP contribution in [0.5, 0.6) is 0 Å². The zero-order valence-electron chi connectivity index (χ0n) is 18.0. The third-order valence-electron chi connectivity index (χ3n) is 6.09. The van der Waals surface area contributed by atoms with E-state index in [2.05, 4.69) is 40.8 Å². The van der Waals surface area contributed by atoms with E-state index in [0.717, 1.165) is 43.5 Å². The van der Waals surface area contributed by atoms with Gasteiger partial charge >= 0.3 is 0 Å². The molecule has 5 heteroatoms. The number of benzene rings is 3. The first kappa shape index (κ1) is 21.8. The van der Waals surface area contributed by atoms with Crippen molar-refractivity contribution in [1.29, 1.82) is 0 Å². The topological polar surface area (TPSA) is 49.4 Å². The van der Waals surface area contributed by atoms with Crippen molar-refractivity contribution in [3.8, 4) is 11.1 Å². The number of hydrogen-bond acceptors (Lipinski definition) is 3. The Balaban J connectivity index is 1.50. The van der Waals surface area contributed by atoms with Gasteiger partial charge in [0.2, 0.25) is 10.0 Å². The van der Waals surface area contributed by atoms with Gasteiger partial charge in [0.25, 0.3) is 0 Å². The van der Waals surface area contributed by atoms with Gasteiger partial charge in [-0.05, 0) is 66.7 Å². The van der Waals surface area contributed by atoms with Crippen LogP contribution in [0.25, 0.3) is 11.1 Å². The van der Waals surface area contributed by atoms with Crippen LogP contribution in [0, 0.1) is 0 Å². The Morgan fingerprint density at radius 1 is 0.839 bits per heavy atom. The molecule has 1 aliphatic rings. The van der Waals surface area contributed by atoms with E-state index in [-0.39, 0.29) is 6.04 Å². The molecule has 3 aromatic rings. The van der Waals surface area contributed by atoms with Crippen molar-refractivity contribution in [3.63, 3.8) is 0 Å². The predicted molar refractivity (Wildman–Crippen MR) is 126 cm³/mol. The van der Waals surface area contributed by atoms with Crippen LogP contribution in [0.15, 0.2) is 83.8 Å². The maximum Gasteiger partial charge on any atom is 0.240 e. The third kappa shape index (κ3) is 5.24. The molecule has 31 heavy (non-hydrogen) atoms. The Bertz CT molecular complexity index is 1070. The van der Waals surface area contributed by atoms with Crippen LogP contribution in [-0.2, 0) is 16.4 Å². The minimum Gasteiger partial charge on any atom is -0.295 e. The zero-order valence-corrected chi connectivity index (χ0v) is 18.8. The van der Waals surface area contributed by atoms with E-state index in [9.17, 15) is 8.42 Å². The normalized spacial score (nSPS) is 15.8. The highest BCUT2D eigenvalue weighted by Crippen LogP contribution is 2.26. The number of sulfonamides is 1. The summed E-state index contributed by atoms with van der Waals surface area (Å²) >= 11 is 0. The van der Waals surface area contributed by atoms with Crippen molar-refractivity contribution in [2.75, 3.05) is 19.6 Å². The fourth-order valence-electron chi connectivity index (χ4n) is 4.22. The molecule has 0 aliphatic carbocycles. The highest BCUT2D eigenvalue weighted by molar-refractivity contribution is 7.89. The molecular formula is C26H30N2O2S. The molecule has 1 saturated heterocycles. The second-order valence-corrected chi connectivity index (χ2v) is 9.86. The van der Waals surface area contributed by atoms with Crippen molar-refractivity contribution >= 4 is 10.0 Å². The lowest BCUT2D eigenvalue weighted by Gasteiger charge is -2.28. The van der Waals surface area contributed by atoms with Crippen molar-refractivity contribution in [2.45, 2.75) is 37.1 Å². The van der Waals surface area contributed by atoms with Crippen molar-refractivity contribution in [2.24, 2.45) is 0 Å². The van der Waals surface area contributed by atoms with Gasteiger partial charge in [-0.1, -0.05) is 73.7 Å². The molecule has 0 radical (unpaired) electrons. The van der Waals surface area contributed by atoms with Gasteiger partial charge in [-0.25, -0.2) is 13.1 Å². The van der Waals surface area contributed by atoms with Crippen LogP contribution in [0.2, 0.25) is 0 Å². The first-order chi connectivity index (χ1) is 15.1. The summed E-state index contributed by atoms with van der Waals surface area (Å²) < 4.78 is 28.9. The van der Waals surface area contributed by atoms with E-state index < -0.39 is 10.0 Å². The van der Waals surface area contributed by atoms with Gasteiger partial charge in [-0.15, -0.1) is 0 Å². The molecule has 162 valence electrons. The molecule has 1 N–H and O–H groups in total. The van der Waals surface area contributed by atoms with Gasteiger partial charge in [0, 0.05) is 12.6 Å². The number of rotatable bonds is 8. The Labute approximate surface area is 186 Å². The lowest BCUT2D eigenvalue weighted by atomic mass is 10.0. The molecule has 1 atom stereocenters. The van der Waals surface area contributed by atoms with Crippen LogP contribution < -0.4 is 4.72 Å². The molecule has 1 heterocycles. The van der Waals surface area contributed by atoms with Gasteiger partial charge in [0.15, 0.2) is 0 Å². The summed E-state index contributed by atoms with van der Waals surface area (Å²) in [6.07, 6.45) is 3.33. The van der Waals surface area contributed by atoms with Crippen LogP contribution in [0.3, 0.4) is 0 Å². The number of nitrogens with one attached hydrogen (secondary N) is 1. The highest BCUT2D eigenvalue weighted by Gasteiger charge is 2.25. The third-order valence-corrected chi connectivity index (χ3v) is 7.53. The van der Waals surface area contributed by atoms with Gasteiger partial charge in [-0.3, -0.25) is 4.90 Å². The number of hydrogen-bond donors (Lipinski definition) is 1. The summed E-state index contributed by atoms with van der Waals surface area (Å²) in [6.45, 7) is 4.53. The lowest BCUT2D eigenvalue weighted by molar-refractivity contribution is 0.246. The molecule has 4 rings (SSSR count). The molecule has 0 spiro atoms.